The van der Waals surface area contributed by atoms with Gasteiger partial charge in [-0.15, -0.1) is 0 Å². The number of anilines is 1. The summed E-state index contributed by atoms with van der Waals surface area (Å²) in [6.45, 7) is 14.0. The molecule has 2 aromatic heterocycles. The second-order valence-corrected chi connectivity index (χ2v) is 17.3. The number of nitrogen functional groups attached to an aromatic ring is 1. The number of benzene rings is 2. The second-order valence-electron chi connectivity index (χ2n) is 15.2. The Morgan fingerprint density at radius 2 is 1.07 bits per heavy atom. The van der Waals surface area contributed by atoms with Gasteiger partial charge in [0.15, 0.2) is 0 Å². The third kappa shape index (κ3) is 10.6. The molecule has 18 nitrogen and oxygen atoms in total. The number of fused-ring (bicyclic) bond motifs is 2. The summed E-state index contributed by atoms with van der Waals surface area (Å²) < 4.78 is 15.0. The van der Waals surface area contributed by atoms with E-state index in [-0.39, 0.29) is 48.2 Å². The molecule has 0 saturated carbocycles. The lowest BCUT2D eigenvalue weighted by Crippen LogP contribution is -2.52. The molecule has 2 aromatic carbocycles. The molecule has 0 unspecified atom stereocenters. The Balaban J connectivity index is 0.000000215. The minimum atomic E-state index is -0.565. The maximum Gasteiger partial charge on any atom is 0.410 e. The van der Waals surface area contributed by atoms with Gasteiger partial charge in [0.05, 0.1) is 20.2 Å². The van der Waals surface area contributed by atoms with E-state index in [1.165, 1.54) is 19.4 Å². The minimum Gasteiger partial charge on any atom is -0.444 e. The lowest BCUT2D eigenvalue weighted by atomic mass is 10.2. The van der Waals surface area contributed by atoms with Gasteiger partial charge in [0, 0.05) is 68.6 Å². The first-order valence-corrected chi connectivity index (χ1v) is 19.5. The zero-order chi connectivity index (χ0) is 40.9. The van der Waals surface area contributed by atoms with Crippen LogP contribution in [0.2, 0.25) is 0 Å². The van der Waals surface area contributed by atoms with Gasteiger partial charge >= 0.3 is 12.2 Å². The molecule has 0 bridgehead atoms. The van der Waals surface area contributed by atoms with Crippen molar-refractivity contribution in [3.05, 3.63) is 67.5 Å². The Morgan fingerprint density at radius 1 is 0.679 bits per heavy atom. The molecule has 2 aliphatic rings. The number of hydrogen-bond donors (Lipinski definition) is 1. The lowest BCUT2D eigenvalue weighted by molar-refractivity contribution is -0.134. The molecule has 4 heterocycles. The van der Waals surface area contributed by atoms with Gasteiger partial charge in [-0.2, -0.15) is 0 Å². The molecule has 2 aliphatic heterocycles. The van der Waals surface area contributed by atoms with Crippen LogP contribution in [0.5, 0.6) is 0 Å². The number of rotatable bonds is 5. The van der Waals surface area contributed by atoms with Crippen LogP contribution in [0, 0.1) is 0 Å². The molecular formula is C36H46N10O8S2. The number of carbonyl (C=O) groups is 4. The quantitative estimate of drug-likeness (QED) is 0.126. The van der Waals surface area contributed by atoms with Gasteiger partial charge < -0.3 is 34.8 Å². The molecule has 2 fully saturated rings. The van der Waals surface area contributed by atoms with E-state index in [9.17, 15) is 28.8 Å². The molecular weight excluding hydrogens is 765 g/mol. The first-order chi connectivity index (χ1) is 26.3. The van der Waals surface area contributed by atoms with Crippen molar-refractivity contribution in [2.45, 2.75) is 65.8 Å². The van der Waals surface area contributed by atoms with Crippen molar-refractivity contribution in [1.29, 1.82) is 0 Å². The first-order valence-electron chi connectivity index (χ1n) is 17.9. The number of nitrogens with zero attached hydrogens (tertiary/aromatic N) is 9. The molecule has 4 amide bonds. The fourth-order valence-corrected chi connectivity index (χ4v) is 7.90. The highest BCUT2D eigenvalue weighted by Gasteiger charge is 2.29. The summed E-state index contributed by atoms with van der Waals surface area (Å²) in [7, 11) is 0. The zero-order valence-corrected chi connectivity index (χ0v) is 33.9. The summed E-state index contributed by atoms with van der Waals surface area (Å²) in [5.74, 6) is -0.321. The van der Waals surface area contributed by atoms with Crippen LogP contribution in [0.1, 0.15) is 41.5 Å². The number of carbonyl (C=O) groups excluding carboxylic acids is 4. The van der Waals surface area contributed by atoms with Gasteiger partial charge in [0.2, 0.25) is 11.8 Å². The van der Waals surface area contributed by atoms with Gasteiger partial charge in [0.1, 0.15) is 24.3 Å². The summed E-state index contributed by atoms with van der Waals surface area (Å²) in [6.07, 6.45) is -0.755. The fourth-order valence-electron chi connectivity index (χ4n) is 5.84. The van der Waals surface area contributed by atoms with E-state index in [1.54, 1.807) is 56.0 Å². The summed E-state index contributed by atoms with van der Waals surface area (Å²) in [5.41, 5.74) is 13.7. The highest BCUT2D eigenvalue weighted by molar-refractivity contribution is 7.14. The average molecular weight is 811 g/mol. The minimum absolute atomic E-state index is 0.00940. The SMILES string of the molecule is CC(C)(C)OC(=O)N1CCN(C(=O)Cn2sc3cc(N)ccc3c2=O)CC1.CC(C)(C)OC(=O)N1CCN(C(=O)Cn2sc3cc(N=[N+]=[N-])ccc3c2=O)CC1. The van der Waals surface area contributed by atoms with E-state index < -0.39 is 11.2 Å². The van der Waals surface area contributed by atoms with E-state index in [0.717, 1.165) is 16.2 Å². The Labute approximate surface area is 330 Å². The largest absolute Gasteiger partial charge is 0.444 e. The maximum atomic E-state index is 12.6. The molecule has 0 atom stereocenters. The van der Waals surface area contributed by atoms with Gasteiger partial charge in [-0.25, -0.2) is 9.59 Å². The second kappa shape index (κ2) is 17.1. The number of piperazine rings is 2. The first kappa shape index (κ1) is 41.6. The topological polar surface area (TPSA) is 218 Å². The van der Waals surface area contributed by atoms with Crippen molar-refractivity contribution < 1.29 is 28.7 Å². The molecule has 0 aliphatic carbocycles. The monoisotopic (exact) mass is 810 g/mol. The predicted octanol–water partition coefficient (Wildman–Crippen LogP) is 4.81. The van der Waals surface area contributed by atoms with Crippen molar-refractivity contribution in [1.82, 2.24) is 27.5 Å². The molecule has 56 heavy (non-hydrogen) atoms. The summed E-state index contributed by atoms with van der Waals surface area (Å²) in [4.78, 5) is 83.6. The Hall–Kier alpha value is -5.59. The maximum absolute atomic E-state index is 12.6. The van der Waals surface area contributed by atoms with Crippen LogP contribution in [0.4, 0.5) is 21.0 Å². The van der Waals surface area contributed by atoms with Crippen LogP contribution in [0.25, 0.3) is 30.6 Å². The van der Waals surface area contributed by atoms with Crippen LogP contribution in [-0.4, -0.2) is 115 Å². The number of azide groups is 1. The number of aromatic nitrogens is 2. The van der Waals surface area contributed by atoms with E-state index in [2.05, 4.69) is 10.0 Å². The molecule has 2 N–H and O–H groups in total. The van der Waals surface area contributed by atoms with Crippen molar-refractivity contribution >= 4 is 78.6 Å². The lowest BCUT2D eigenvalue weighted by Gasteiger charge is -2.35. The van der Waals surface area contributed by atoms with Crippen molar-refractivity contribution in [3.63, 3.8) is 0 Å². The highest BCUT2D eigenvalue weighted by atomic mass is 32.1. The molecule has 20 heteroatoms. The summed E-state index contributed by atoms with van der Waals surface area (Å²) >= 11 is 2.39. The van der Waals surface area contributed by atoms with E-state index in [4.69, 9.17) is 20.7 Å². The van der Waals surface area contributed by atoms with Crippen LogP contribution in [0.3, 0.4) is 0 Å². The highest BCUT2D eigenvalue weighted by Crippen LogP contribution is 2.24. The average Bonchev–Trinajstić information content (AvgIpc) is 3.60. The summed E-state index contributed by atoms with van der Waals surface area (Å²) in [5, 5.41) is 4.58. The molecule has 0 spiro atoms. The van der Waals surface area contributed by atoms with Gasteiger partial charge in [-0.3, -0.25) is 27.1 Å². The molecule has 0 radical (unpaired) electrons. The molecule has 2 saturated heterocycles. The number of nitrogens with two attached hydrogens (primary N) is 1. The van der Waals surface area contributed by atoms with E-state index >= 15 is 0 Å². The molecule has 6 rings (SSSR count). The molecule has 4 aromatic rings. The normalized spacial score (nSPS) is 14.9. The van der Waals surface area contributed by atoms with E-state index in [1.807, 2.05) is 41.5 Å². The molecule has 300 valence electrons. The van der Waals surface area contributed by atoms with Crippen LogP contribution < -0.4 is 16.9 Å². The summed E-state index contributed by atoms with van der Waals surface area (Å²) in [6, 6.07) is 9.89. The van der Waals surface area contributed by atoms with Crippen molar-refractivity contribution in [3.8, 4) is 0 Å². The smallest absolute Gasteiger partial charge is 0.410 e. The Morgan fingerprint density at radius 3 is 1.48 bits per heavy atom. The van der Waals surface area contributed by atoms with Gasteiger partial charge in [-0.1, -0.05) is 34.2 Å². The van der Waals surface area contributed by atoms with Crippen LogP contribution in [0.15, 0.2) is 51.1 Å². The number of hydrogen-bond acceptors (Lipinski definition) is 12. The predicted molar refractivity (Wildman–Crippen MR) is 214 cm³/mol. The standard InChI is InChI=1S/C18H22N6O4S.C18H24N4O4S/c1-18(2,3)28-17(27)23-8-6-22(7-9-23)15(25)11-24-16(26)13-5-4-12(20-21-19)10-14(13)29-24;1-18(2,3)26-17(25)21-8-6-20(7-9-21)15(23)11-22-16(24)13-5-4-12(19)10-14(13)27-22/h4-5,10H,6-9,11H2,1-3H3;4-5,10H,6-9,11,19H2,1-3H3. The van der Waals surface area contributed by atoms with Crippen LogP contribution >= 0.6 is 23.1 Å². The number of ether oxygens (including phenoxy) is 2. The Kier molecular flexibility index (Phi) is 12.7. The van der Waals surface area contributed by atoms with Gasteiger partial charge in [-0.05, 0) is 77.4 Å². The zero-order valence-electron chi connectivity index (χ0n) is 32.2. The Bertz CT molecular complexity index is 2280. The number of amides is 4. The van der Waals surface area contributed by atoms with Gasteiger partial charge in [0.25, 0.3) is 11.1 Å². The van der Waals surface area contributed by atoms with Crippen molar-refractivity contribution in [2.24, 2.45) is 5.11 Å². The third-order valence-corrected chi connectivity index (χ3v) is 10.7. The van der Waals surface area contributed by atoms with Crippen LogP contribution in [-0.2, 0) is 32.2 Å². The fraction of sp³-hybridized carbons (Fsp3) is 0.500. The van der Waals surface area contributed by atoms with E-state index in [0.29, 0.717) is 79.2 Å². The van der Waals surface area contributed by atoms with Crippen molar-refractivity contribution in [2.75, 3.05) is 58.1 Å². The third-order valence-electron chi connectivity index (χ3n) is 8.59.